The lowest BCUT2D eigenvalue weighted by Crippen LogP contribution is -2.47. The molecule has 0 aromatic heterocycles. The van der Waals surface area contributed by atoms with Gasteiger partial charge >= 0.3 is 0 Å². The maximum absolute atomic E-state index is 13.1. The third-order valence-electron chi connectivity index (χ3n) is 5.32. The van der Waals surface area contributed by atoms with Crippen LogP contribution in [0.2, 0.25) is 0 Å². The summed E-state index contributed by atoms with van der Waals surface area (Å²) in [5.41, 5.74) is 0.659. The van der Waals surface area contributed by atoms with Gasteiger partial charge in [0.25, 0.3) is 5.91 Å². The molecule has 5 nitrogen and oxygen atoms in total. The van der Waals surface area contributed by atoms with Gasteiger partial charge in [0.15, 0.2) is 0 Å². The first-order valence-electron chi connectivity index (χ1n) is 8.97. The van der Waals surface area contributed by atoms with Crippen molar-refractivity contribution in [1.82, 2.24) is 9.21 Å². The molecule has 2 atom stereocenters. The van der Waals surface area contributed by atoms with E-state index in [1.165, 1.54) is 0 Å². The molecule has 1 amide bonds. The van der Waals surface area contributed by atoms with Gasteiger partial charge in [-0.3, -0.25) is 4.79 Å². The molecule has 6 heteroatoms. The minimum absolute atomic E-state index is 0.0125. The van der Waals surface area contributed by atoms with Gasteiger partial charge in [-0.25, -0.2) is 8.42 Å². The molecule has 136 valence electrons. The molecule has 5 rings (SSSR count). The van der Waals surface area contributed by atoms with Gasteiger partial charge in [0.1, 0.15) is 0 Å². The van der Waals surface area contributed by atoms with E-state index in [2.05, 4.69) is 0 Å². The minimum Gasteiger partial charge on any atom is -0.337 e. The number of amides is 1. The molecule has 2 aromatic rings. The van der Waals surface area contributed by atoms with Crippen molar-refractivity contribution in [3.8, 4) is 0 Å². The molecule has 2 bridgehead atoms. The smallest absolute Gasteiger partial charge is 0.253 e. The molecule has 0 aliphatic carbocycles. The average Bonchev–Trinajstić information content (AvgIpc) is 3.01. The van der Waals surface area contributed by atoms with Crippen molar-refractivity contribution in [2.45, 2.75) is 23.8 Å². The van der Waals surface area contributed by atoms with Crippen LogP contribution in [0.1, 0.15) is 23.2 Å². The van der Waals surface area contributed by atoms with Crippen molar-refractivity contribution in [2.24, 2.45) is 5.92 Å². The molecule has 0 spiro atoms. The van der Waals surface area contributed by atoms with E-state index in [4.69, 9.17) is 0 Å². The number of fused-ring (bicyclic) bond motifs is 4. The van der Waals surface area contributed by atoms with Crippen molar-refractivity contribution < 1.29 is 13.2 Å². The van der Waals surface area contributed by atoms with Crippen LogP contribution in [-0.4, -0.2) is 49.2 Å². The highest BCUT2D eigenvalue weighted by molar-refractivity contribution is 7.89. The molecular formula is C20H22N2O3S. The predicted molar refractivity (Wildman–Crippen MR) is 99.2 cm³/mol. The van der Waals surface area contributed by atoms with Crippen LogP contribution in [0.25, 0.3) is 0 Å². The molecule has 0 unspecified atom stereocenters. The third kappa shape index (κ3) is 3.15. The summed E-state index contributed by atoms with van der Waals surface area (Å²) in [5.74, 6) is 0.168. The summed E-state index contributed by atoms with van der Waals surface area (Å²) in [6.07, 6.45) is 1.76. The summed E-state index contributed by atoms with van der Waals surface area (Å²) < 4.78 is 27.8. The van der Waals surface area contributed by atoms with Crippen molar-refractivity contribution in [3.63, 3.8) is 0 Å². The van der Waals surface area contributed by atoms with Crippen molar-refractivity contribution >= 4 is 15.9 Å². The van der Waals surface area contributed by atoms with E-state index in [9.17, 15) is 13.2 Å². The molecule has 0 radical (unpaired) electrons. The number of piperidine rings is 1. The Labute approximate surface area is 154 Å². The molecule has 0 N–H and O–H groups in total. The highest BCUT2D eigenvalue weighted by Crippen LogP contribution is 2.32. The summed E-state index contributed by atoms with van der Waals surface area (Å²) in [5, 5.41) is 0. The van der Waals surface area contributed by atoms with Crippen LogP contribution >= 0.6 is 0 Å². The fourth-order valence-electron chi connectivity index (χ4n) is 3.99. The zero-order valence-corrected chi connectivity index (χ0v) is 15.3. The number of nitrogens with zero attached hydrogens (tertiary/aromatic N) is 2. The van der Waals surface area contributed by atoms with E-state index in [1.807, 2.05) is 41.3 Å². The van der Waals surface area contributed by atoms with Crippen LogP contribution < -0.4 is 0 Å². The predicted octanol–water partition coefficient (Wildman–Crippen LogP) is 2.61. The second-order valence-electron chi connectivity index (χ2n) is 7.06. The normalized spacial score (nSPS) is 23.6. The van der Waals surface area contributed by atoms with E-state index in [0.29, 0.717) is 30.1 Å². The van der Waals surface area contributed by atoms with Gasteiger partial charge < -0.3 is 4.90 Å². The number of sulfonamides is 1. The van der Waals surface area contributed by atoms with E-state index in [0.717, 1.165) is 12.8 Å². The SMILES string of the molecule is O=C(c1ccccc1)N1C[C@@H]2CC[C@H](C1)N(S(=O)(=O)c1ccccc1)C2. The number of hydrogen-bond donors (Lipinski definition) is 0. The van der Waals surface area contributed by atoms with Gasteiger partial charge in [-0.2, -0.15) is 4.31 Å². The Balaban J connectivity index is 1.60. The Morgan fingerprint density at radius 2 is 1.50 bits per heavy atom. The van der Waals surface area contributed by atoms with Crippen molar-refractivity contribution in [1.29, 1.82) is 0 Å². The topological polar surface area (TPSA) is 57.7 Å². The Bertz CT molecular complexity index is 884. The first kappa shape index (κ1) is 17.2. The number of carbonyl (C=O) groups is 1. The average molecular weight is 370 g/mol. The molecule has 2 aromatic carbocycles. The molecule has 26 heavy (non-hydrogen) atoms. The largest absolute Gasteiger partial charge is 0.337 e. The summed E-state index contributed by atoms with van der Waals surface area (Å²) in [6.45, 7) is 1.56. The van der Waals surface area contributed by atoms with Gasteiger partial charge in [-0.15, -0.1) is 0 Å². The second-order valence-corrected chi connectivity index (χ2v) is 8.95. The molecule has 3 fully saturated rings. The Kier molecular flexibility index (Phi) is 4.54. The fourth-order valence-corrected chi connectivity index (χ4v) is 5.73. The van der Waals surface area contributed by atoms with Crippen LogP contribution in [0.4, 0.5) is 0 Å². The molecule has 3 aliphatic heterocycles. The van der Waals surface area contributed by atoms with E-state index >= 15 is 0 Å². The molecule has 3 saturated heterocycles. The van der Waals surface area contributed by atoms with Gasteiger partial charge in [-0.1, -0.05) is 36.4 Å². The summed E-state index contributed by atoms with van der Waals surface area (Å²) in [4.78, 5) is 15.0. The monoisotopic (exact) mass is 370 g/mol. The zero-order chi connectivity index (χ0) is 18.1. The van der Waals surface area contributed by atoms with Gasteiger partial charge in [0.05, 0.1) is 4.90 Å². The number of rotatable bonds is 3. The summed E-state index contributed by atoms with van der Waals surface area (Å²) in [6, 6.07) is 17.6. The highest BCUT2D eigenvalue weighted by atomic mass is 32.2. The standard InChI is InChI=1S/C20H22N2O3S/c23-20(17-7-3-1-4-8-17)21-13-16-11-12-18(15-21)22(14-16)26(24,25)19-9-5-2-6-10-19/h1-10,16,18H,11-15H2/t16-,18+/m0/s1. The first-order valence-corrected chi connectivity index (χ1v) is 10.4. The minimum atomic E-state index is -3.53. The molecular weight excluding hydrogens is 348 g/mol. The number of benzene rings is 2. The quantitative estimate of drug-likeness (QED) is 0.834. The van der Waals surface area contributed by atoms with E-state index in [-0.39, 0.29) is 17.9 Å². The summed E-state index contributed by atoms with van der Waals surface area (Å²) >= 11 is 0. The van der Waals surface area contributed by atoms with Crippen LogP contribution in [0, 0.1) is 5.92 Å². The lowest BCUT2D eigenvalue weighted by Gasteiger charge is -2.34. The number of carbonyl (C=O) groups excluding carboxylic acids is 1. The second kappa shape index (κ2) is 6.85. The molecule has 0 saturated carbocycles. The van der Waals surface area contributed by atoms with Crippen molar-refractivity contribution in [2.75, 3.05) is 19.6 Å². The van der Waals surface area contributed by atoms with Crippen LogP contribution in [0.5, 0.6) is 0 Å². The van der Waals surface area contributed by atoms with Gasteiger partial charge in [0, 0.05) is 31.2 Å². The lowest BCUT2D eigenvalue weighted by molar-refractivity contribution is 0.0746. The first-order chi connectivity index (χ1) is 12.6. The van der Waals surface area contributed by atoms with E-state index in [1.54, 1.807) is 28.6 Å². The Morgan fingerprint density at radius 1 is 0.846 bits per heavy atom. The summed E-state index contributed by atoms with van der Waals surface area (Å²) in [7, 11) is -3.53. The maximum Gasteiger partial charge on any atom is 0.253 e. The van der Waals surface area contributed by atoms with Crippen LogP contribution in [-0.2, 0) is 10.0 Å². The molecule has 3 heterocycles. The van der Waals surface area contributed by atoms with Crippen LogP contribution in [0.3, 0.4) is 0 Å². The molecule has 3 aliphatic rings. The van der Waals surface area contributed by atoms with Gasteiger partial charge in [0.2, 0.25) is 10.0 Å². The third-order valence-corrected chi connectivity index (χ3v) is 7.25. The highest BCUT2D eigenvalue weighted by Gasteiger charge is 2.42. The van der Waals surface area contributed by atoms with Gasteiger partial charge in [-0.05, 0) is 43.0 Å². The van der Waals surface area contributed by atoms with E-state index < -0.39 is 10.0 Å². The zero-order valence-electron chi connectivity index (χ0n) is 14.5. The fraction of sp³-hybridized carbons (Fsp3) is 0.350. The Hall–Kier alpha value is -2.18. The van der Waals surface area contributed by atoms with Crippen molar-refractivity contribution in [3.05, 3.63) is 66.2 Å². The Morgan fingerprint density at radius 3 is 2.19 bits per heavy atom. The maximum atomic E-state index is 13.1. The number of hydrogen-bond acceptors (Lipinski definition) is 3. The lowest BCUT2D eigenvalue weighted by atomic mass is 9.97. The van der Waals surface area contributed by atoms with Crippen LogP contribution in [0.15, 0.2) is 65.6 Å².